The van der Waals surface area contributed by atoms with Gasteiger partial charge in [0.1, 0.15) is 11.4 Å². The van der Waals surface area contributed by atoms with E-state index in [-0.39, 0.29) is 29.8 Å². The standard InChI is InChI=1S/C17H13NO5/c1-18-12-7-14-13(22-8-23-14)6-11(12)17(21)15(18)16(20)9-2-4-10(19)5-3-9/h2-7,19,21H,8H2,1H3. The van der Waals surface area contributed by atoms with Crippen molar-refractivity contribution < 1.29 is 24.5 Å². The third-order valence-electron chi connectivity index (χ3n) is 4.01. The largest absolute Gasteiger partial charge is 0.508 e. The topological polar surface area (TPSA) is 80.9 Å². The Morgan fingerprint density at radius 3 is 2.43 bits per heavy atom. The number of hydrogen-bond acceptors (Lipinski definition) is 5. The molecule has 0 aliphatic carbocycles. The van der Waals surface area contributed by atoms with Crippen LogP contribution >= 0.6 is 0 Å². The fourth-order valence-electron chi connectivity index (χ4n) is 2.81. The minimum Gasteiger partial charge on any atom is -0.508 e. The molecule has 0 atom stereocenters. The van der Waals surface area contributed by atoms with Gasteiger partial charge in [-0.05, 0) is 30.3 Å². The highest BCUT2D eigenvalue weighted by Crippen LogP contribution is 2.41. The summed E-state index contributed by atoms with van der Waals surface area (Å²) in [4.78, 5) is 12.7. The van der Waals surface area contributed by atoms with E-state index in [1.807, 2.05) is 0 Å². The van der Waals surface area contributed by atoms with Crippen molar-refractivity contribution in [2.24, 2.45) is 7.05 Å². The average Bonchev–Trinajstić information content (AvgIpc) is 3.09. The number of phenols is 1. The Morgan fingerprint density at radius 2 is 1.74 bits per heavy atom. The third-order valence-corrected chi connectivity index (χ3v) is 4.01. The Balaban J connectivity index is 1.90. The van der Waals surface area contributed by atoms with E-state index in [0.29, 0.717) is 28.0 Å². The van der Waals surface area contributed by atoms with Gasteiger partial charge in [-0.1, -0.05) is 0 Å². The molecule has 0 spiro atoms. The molecule has 0 saturated heterocycles. The van der Waals surface area contributed by atoms with Crippen molar-refractivity contribution in [3.05, 3.63) is 47.7 Å². The molecule has 23 heavy (non-hydrogen) atoms. The molecule has 4 rings (SSSR count). The summed E-state index contributed by atoms with van der Waals surface area (Å²) in [6.07, 6.45) is 0. The number of benzene rings is 2. The molecule has 1 aliphatic rings. The highest BCUT2D eigenvalue weighted by Gasteiger charge is 2.25. The maximum Gasteiger partial charge on any atom is 0.231 e. The lowest BCUT2D eigenvalue weighted by Gasteiger charge is -2.04. The number of carbonyl (C=O) groups excluding carboxylic acids is 1. The monoisotopic (exact) mass is 311 g/mol. The number of ketones is 1. The second-order valence-electron chi connectivity index (χ2n) is 5.35. The van der Waals surface area contributed by atoms with Gasteiger partial charge in [0.05, 0.1) is 5.52 Å². The predicted molar refractivity (Wildman–Crippen MR) is 82.2 cm³/mol. The van der Waals surface area contributed by atoms with Gasteiger partial charge in [-0.15, -0.1) is 0 Å². The van der Waals surface area contributed by atoms with E-state index in [4.69, 9.17) is 9.47 Å². The van der Waals surface area contributed by atoms with Crippen LogP contribution in [0, 0.1) is 0 Å². The quantitative estimate of drug-likeness (QED) is 0.711. The fourth-order valence-corrected chi connectivity index (χ4v) is 2.81. The summed E-state index contributed by atoms with van der Waals surface area (Å²) in [6.45, 7) is 0.145. The van der Waals surface area contributed by atoms with Crippen molar-refractivity contribution in [2.45, 2.75) is 0 Å². The first-order valence-corrected chi connectivity index (χ1v) is 7.01. The van der Waals surface area contributed by atoms with Gasteiger partial charge in [-0.2, -0.15) is 0 Å². The van der Waals surface area contributed by atoms with Crippen molar-refractivity contribution in [1.29, 1.82) is 0 Å². The van der Waals surface area contributed by atoms with Crippen LogP contribution in [0.2, 0.25) is 0 Å². The zero-order chi connectivity index (χ0) is 16.1. The summed E-state index contributed by atoms with van der Waals surface area (Å²) < 4.78 is 12.3. The third kappa shape index (κ3) is 1.92. The van der Waals surface area contributed by atoms with E-state index in [0.717, 1.165) is 0 Å². The van der Waals surface area contributed by atoms with Gasteiger partial charge in [0.15, 0.2) is 17.2 Å². The van der Waals surface area contributed by atoms with E-state index in [1.165, 1.54) is 24.3 Å². The Morgan fingerprint density at radius 1 is 1.09 bits per heavy atom. The summed E-state index contributed by atoms with van der Waals surface area (Å²) in [5.41, 5.74) is 1.23. The molecule has 6 nitrogen and oxygen atoms in total. The molecule has 1 aliphatic heterocycles. The number of aromatic nitrogens is 1. The minimum absolute atomic E-state index is 0.0773. The maximum atomic E-state index is 12.7. The van der Waals surface area contributed by atoms with Gasteiger partial charge in [-0.25, -0.2) is 0 Å². The first-order chi connectivity index (χ1) is 11.1. The summed E-state index contributed by atoms with van der Waals surface area (Å²) in [5.74, 6) is 0.777. The summed E-state index contributed by atoms with van der Waals surface area (Å²) >= 11 is 0. The molecule has 1 aromatic heterocycles. The van der Waals surface area contributed by atoms with E-state index >= 15 is 0 Å². The first-order valence-electron chi connectivity index (χ1n) is 7.01. The highest BCUT2D eigenvalue weighted by molar-refractivity contribution is 6.13. The van der Waals surface area contributed by atoms with Gasteiger partial charge in [-0.3, -0.25) is 4.79 Å². The van der Waals surface area contributed by atoms with Crippen LogP contribution in [0.15, 0.2) is 36.4 Å². The van der Waals surface area contributed by atoms with Crippen molar-refractivity contribution in [3.63, 3.8) is 0 Å². The van der Waals surface area contributed by atoms with Gasteiger partial charge in [0, 0.05) is 24.1 Å². The predicted octanol–water partition coefficient (Wildman–Crippen LogP) is 2.55. The molecule has 0 bridgehead atoms. The Hall–Kier alpha value is -3.15. The normalized spacial score (nSPS) is 12.7. The van der Waals surface area contributed by atoms with Gasteiger partial charge < -0.3 is 24.3 Å². The number of rotatable bonds is 2. The molecule has 0 radical (unpaired) electrons. The van der Waals surface area contributed by atoms with Gasteiger partial charge >= 0.3 is 0 Å². The molecule has 2 aromatic carbocycles. The van der Waals surface area contributed by atoms with Crippen LogP contribution in [0.25, 0.3) is 10.9 Å². The van der Waals surface area contributed by atoms with Crippen LogP contribution in [-0.2, 0) is 7.05 Å². The average molecular weight is 311 g/mol. The van der Waals surface area contributed by atoms with Crippen molar-refractivity contribution in [1.82, 2.24) is 4.57 Å². The Bertz CT molecular complexity index is 893. The molecule has 116 valence electrons. The van der Waals surface area contributed by atoms with Crippen LogP contribution < -0.4 is 9.47 Å². The molecule has 2 heterocycles. The second-order valence-corrected chi connectivity index (χ2v) is 5.35. The van der Waals surface area contributed by atoms with Crippen molar-refractivity contribution in [3.8, 4) is 23.0 Å². The number of phenolic OH excluding ortho intramolecular Hbond substituents is 1. The highest BCUT2D eigenvalue weighted by atomic mass is 16.7. The first kappa shape index (κ1) is 13.5. The van der Waals surface area contributed by atoms with Crippen LogP contribution in [0.4, 0.5) is 0 Å². The number of hydrogen-bond donors (Lipinski definition) is 2. The molecular formula is C17H13NO5. The number of nitrogens with zero attached hydrogens (tertiary/aromatic N) is 1. The minimum atomic E-state index is -0.330. The number of fused-ring (bicyclic) bond motifs is 2. The zero-order valence-corrected chi connectivity index (χ0v) is 12.2. The van der Waals surface area contributed by atoms with Crippen LogP contribution in [0.5, 0.6) is 23.0 Å². The van der Waals surface area contributed by atoms with Crippen LogP contribution in [0.3, 0.4) is 0 Å². The second kappa shape index (κ2) is 4.67. The Labute approximate surface area is 131 Å². The van der Waals surface area contributed by atoms with Crippen molar-refractivity contribution in [2.75, 3.05) is 6.79 Å². The molecule has 0 amide bonds. The molecule has 0 unspecified atom stereocenters. The Kier molecular flexibility index (Phi) is 2.74. The van der Waals surface area contributed by atoms with Gasteiger partial charge in [0.2, 0.25) is 12.6 Å². The number of carbonyl (C=O) groups is 1. The molecule has 0 fully saturated rings. The van der Waals surface area contributed by atoms with Gasteiger partial charge in [0.25, 0.3) is 0 Å². The number of aromatic hydroxyl groups is 2. The van der Waals surface area contributed by atoms with E-state index in [1.54, 1.807) is 23.7 Å². The summed E-state index contributed by atoms with van der Waals surface area (Å²) in [6, 6.07) is 9.31. The molecule has 0 saturated carbocycles. The lowest BCUT2D eigenvalue weighted by molar-refractivity contribution is 0.102. The lowest BCUT2D eigenvalue weighted by Crippen LogP contribution is -2.07. The van der Waals surface area contributed by atoms with Crippen LogP contribution in [-0.4, -0.2) is 27.4 Å². The fraction of sp³-hybridized carbons (Fsp3) is 0.118. The molecule has 3 aromatic rings. The lowest BCUT2D eigenvalue weighted by atomic mass is 10.1. The molecular weight excluding hydrogens is 298 g/mol. The summed E-state index contributed by atoms with van der Waals surface area (Å²) in [7, 11) is 1.71. The maximum absolute atomic E-state index is 12.7. The smallest absolute Gasteiger partial charge is 0.231 e. The molecule has 2 N–H and O–H groups in total. The molecule has 6 heteroatoms. The van der Waals surface area contributed by atoms with E-state index < -0.39 is 0 Å². The number of ether oxygens (including phenoxy) is 2. The number of aryl methyl sites for hydroxylation is 1. The van der Waals surface area contributed by atoms with Crippen molar-refractivity contribution >= 4 is 16.7 Å². The van der Waals surface area contributed by atoms with E-state index in [2.05, 4.69) is 0 Å². The summed E-state index contributed by atoms with van der Waals surface area (Å²) in [5, 5.41) is 20.4. The van der Waals surface area contributed by atoms with E-state index in [9.17, 15) is 15.0 Å². The zero-order valence-electron chi connectivity index (χ0n) is 12.2. The SMILES string of the molecule is Cn1c(C(=O)c2ccc(O)cc2)c(O)c2cc3c(cc21)OCO3. The van der Waals surface area contributed by atoms with Crippen LogP contribution in [0.1, 0.15) is 16.1 Å².